The van der Waals surface area contributed by atoms with Crippen molar-refractivity contribution in [3.63, 3.8) is 0 Å². The standard InChI is InChI=1S/C8H16N2OS/c1-6-2-3-10(4-8(9)12)7(6)5-11/h6-7,11H,2-5H2,1H3,(H2,9,12). The molecule has 1 aliphatic heterocycles. The summed E-state index contributed by atoms with van der Waals surface area (Å²) < 4.78 is 0. The molecule has 0 spiro atoms. The first-order chi connectivity index (χ1) is 5.65. The van der Waals surface area contributed by atoms with Gasteiger partial charge in [-0.1, -0.05) is 19.1 Å². The predicted molar refractivity (Wildman–Crippen MR) is 53.0 cm³/mol. The van der Waals surface area contributed by atoms with Gasteiger partial charge in [0.25, 0.3) is 0 Å². The molecule has 0 aromatic carbocycles. The van der Waals surface area contributed by atoms with Crippen molar-refractivity contribution in [1.29, 1.82) is 0 Å². The average Bonchev–Trinajstić information content (AvgIpc) is 2.30. The van der Waals surface area contributed by atoms with Crippen LogP contribution in [0.3, 0.4) is 0 Å². The highest BCUT2D eigenvalue weighted by Crippen LogP contribution is 2.22. The Balaban J connectivity index is 2.48. The summed E-state index contributed by atoms with van der Waals surface area (Å²) in [6.45, 7) is 4.01. The lowest BCUT2D eigenvalue weighted by Crippen LogP contribution is -2.40. The van der Waals surface area contributed by atoms with E-state index in [1.807, 2.05) is 0 Å². The first kappa shape index (κ1) is 9.89. The Morgan fingerprint density at radius 1 is 1.75 bits per heavy atom. The zero-order chi connectivity index (χ0) is 9.14. The Bertz CT molecular complexity index is 174. The van der Waals surface area contributed by atoms with Crippen molar-refractivity contribution in [3.8, 4) is 0 Å². The van der Waals surface area contributed by atoms with Gasteiger partial charge in [0.15, 0.2) is 0 Å². The summed E-state index contributed by atoms with van der Waals surface area (Å²) in [5, 5.41) is 9.09. The second-order valence-electron chi connectivity index (χ2n) is 3.45. The Morgan fingerprint density at radius 3 is 2.92 bits per heavy atom. The topological polar surface area (TPSA) is 49.5 Å². The molecule has 70 valence electrons. The Kier molecular flexibility index (Phi) is 3.43. The molecule has 1 rings (SSSR count). The van der Waals surface area contributed by atoms with E-state index >= 15 is 0 Å². The van der Waals surface area contributed by atoms with E-state index in [0.717, 1.165) is 13.0 Å². The first-order valence-corrected chi connectivity index (χ1v) is 4.69. The van der Waals surface area contributed by atoms with Gasteiger partial charge in [-0.2, -0.15) is 0 Å². The van der Waals surface area contributed by atoms with E-state index in [-0.39, 0.29) is 12.6 Å². The second kappa shape index (κ2) is 4.16. The summed E-state index contributed by atoms with van der Waals surface area (Å²) in [5.74, 6) is 0.560. The minimum absolute atomic E-state index is 0.212. The maximum absolute atomic E-state index is 9.09. The molecule has 0 saturated carbocycles. The second-order valence-corrected chi connectivity index (χ2v) is 3.98. The molecule has 2 unspecified atom stereocenters. The van der Waals surface area contributed by atoms with Gasteiger partial charge in [-0.25, -0.2) is 0 Å². The molecule has 12 heavy (non-hydrogen) atoms. The third kappa shape index (κ3) is 2.15. The fourth-order valence-electron chi connectivity index (χ4n) is 1.78. The molecular weight excluding hydrogens is 172 g/mol. The number of hydrogen-bond acceptors (Lipinski definition) is 3. The van der Waals surface area contributed by atoms with Crippen LogP contribution in [0, 0.1) is 5.92 Å². The van der Waals surface area contributed by atoms with E-state index in [2.05, 4.69) is 11.8 Å². The summed E-state index contributed by atoms with van der Waals surface area (Å²) in [6, 6.07) is 0.256. The van der Waals surface area contributed by atoms with Crippen LogP contribution in [0.2, 0.25) is 0 Å². The van der Waals surface area contributed by atoms with Crippen LogP contribution in [0.1, 0.15) is 13.3 Å². The van der Waals surface area contributed by atoms with Crippen molar-refractivity contribution < 1.29 is 5.11 Å². The fourth-order valence-corrected chi connectivity index (χ4v) is 1.95. The van der Waals surface area contributed by atoms with Crippen molar-refractivity contribution in [2.24, 2.45) is 11.7 Å². The van der Waals surface area contributed by atoms with Crippen molar-refractivity contribution in [1.82, 2.24) is 4.90 Å². The molecule has 0 aliphatic carbocycles. The Hall–Kier alpha value is -0.190. The van der Waals surface area contributed by atoms with Gasteiger partial charge in [-0.05, 0) is 18.9 Å². The maximum Gasteiger partial charge on any atom is 0.0870 e. The summed E-state index contributed by atoms with van der Waals surface area (Å²) in [6.07, 6.45) is 1.13. The molecule has 0 aromatic rings. The van der Waals surface area contributed by atoms with Crippen LogP contribution in [0.25, 0.3) is 0 Å². The summed E-state index contributed by atoms with van der Waals surface area (Å²) in [4.78, 5) is 2.68. The summed E-state index contributed by atoms with van der Waals surface area (Å²) in [7, 11) is 0. The van der Waals surface area contributed by atoms with Gasteiger partial charge in [-0.3, -0.25) is 4.90 Å². The van der Waals surface area contributed by atoms with Crippen molar-refractivity contribution in [2.75, 3.05) is 19.7 Å². The number of aliphatic hydroxyl groups is 1. The number of aliphatic hydroxyl groups excluding tert-OH is 1. The van der Waals surface area contributed by atoms with Gasteiger partial charge >= 0.3 is 0 Å². The minimum Gasteiger partial charge on any atom is -0.395 e. The number of rotatable bonds is 3. The molecule has 0 radical (unpaired) electrons. The lowest BCUT2D eigenvalue weighted by molar-refractivity contribution is 0.152. The smallest absolute Gasteiger partial charge is 0.0870 e. The largest absolute Gasteiger partial charge is 0.395 e. The van der Waals surface area contributed by atoms with Gasteiger partial charge in [0, 0.05) is 12.6 Å². The minimum atomic E-state index is 0.212. The SMILES string of the molecule is CC1CCN(CC(N)=S)C1CO. The number of nitrogens with two attached hydrogens (primary N) is 1. The molecule has 1 fully saturated rings. The van der Waals surface area contributed by atoms with Crippen LogP contribution in [-0.4, -0.2) is 40.7 Å². The first-order valence-electron chi connectivity index (χ1n) is 4.28. The molecule has 1 aliphatic rings. The molecule has 3 nitrogen and oxygen atoms in total. The quantitative estimate of drug-likeness (QED) is 0.611. The Morgan fingerprint density at radius 2 is 2.42 bits per heavy atom. The Labute approximate surface area is 78.5 Å². The summed E-state index contributed by atoms with van der Waals surface area (Å²) >= 11 is 4.83. The van der Waals surface area contributed by atoms with Crippen LogP contribution >= 0.6 is 12.2 Å². The highest BCUT2D eigenvalue weighted by atomic mass is 32.1. The van der Waals surface area contributed by atoms with Crippen LogP contribution < -0.4 is 5.73 Å². The number of thiocarbonyl (C=S) groups is 1. The van der Waals surface area contributed by atoms with Gasteiger partial charge < -0.3 is 10.8 Å². The average molecular weight is 188 g/mol. The zero-order valence-corrected chi connectivity index (χ0v) is 8.18. The maximum atomic E-state index is 9.09. The molecular formula is C8H16N2OS. The highest BCUT2D eigenvalue weighted by Gasteiger charge is 2.30. The molecule has 0 amide bonds. The van der Waals surface area contributed by atoms with E-state index < -0.39 is 0 Å². The molecule has 3 N–H and O–H groups in total. The van der Waals surface area contributed by atoms with E-state index in [9.17, 15) is 0 Å². The van der Waals surface area contributed by atoms with Gasteiger partial charge in [0.2, 0.25) is 0 Å². The monoisotopic (exact) mass is 188 g/mol. The van der Waals surface area contributed by atoms with Gasteiger partial charge in [0.05, 0.1) is 11.6 Å². The van der Waals surface area contributed by atoms with Crippen LogP contribution in [-0.2, 0) is 0 Å². The molecule has 0 aromatic heterocycles. The van der Waals surface area contributed by atoms with Crippen molar-refractivity contribution in [2.45, 2.75) is 19.4 Å². The molecule has 2 atom stereocenters. The normalized spacial score (nSPS) is 30.8. The van der Waals surface area contributed by atoms with Crippen molar-refractivity contribution >= 4 is 17.2 Å². The molecule has 0 bridgehead atoms. The zero-order valence-electron chi connectivity index (χ0n) is 7.36. The molecule has 4 heteroatoms. The fraction of sp³-hybridized carbons (Fsp3) is 0.875. The highest BCUT2D eigenvalue weighted by molar-refractivity contribution is 7.80. The van der Waals surface area contributed by atoms with Crippen LogP contribution in [0.15, 0.2) is 0 Å². The number of nitrogens with zero attached hydrogens (tertiary/aromatic N) is 1. The van der Waals surface area contributed by atoms with Gasteiger partial charge in [0.1, 0.15) is 0 Å². The van der Waals surface area contributed by atoms with Crippen LogP contribution in [0.4, 0.5) is 0 Å². The van der Waals surface area contributed by atoms with E-state index in [1.165, 1.54) is 0 Å². The third-order valence-corrected chi connectivity index (χ3v) is 2.67. The van der Waals surface area contributed by atoms with E-state index in [1.54, 1.807) is 0 Å². The lowest BCUT2D eigenvalue weighted by atomic mass is 10.0. The number of hydrogen-bond donors (Lipinski definition) is 2. The van der Waals surface area contributed by atoms with E-state index in [0.29, 0.717) is 17.5 Å². The van der Waals surface area contributed by atoms with Crippen LogP contribution in [0.5, 0.6) is 0 Å². The molecule has 1 heterocycles. The lowest BCUT2D eigenvalue weighted by Gasteiger charge is -2.24. The number of likely N-dealkylation sites (tertiary alicyclic amines) is 1. The van der Waals surface area contributed by atoms with Gasteiger partial charge in [-0.15, -0.1) is 0 Å². The third-order valence-electron chi connectivity index (χ3n) is 2.54. The summed E-state index contributed by atoms with van der Waals surface area (Å²) in [5.41, 5.74) is 5.44. The van der Waals surface area contributed by atoms with E-state index in [4.69, 9.17) is 23.1 Å². The molecule has 1 saturated heterocycles. The predicted octanol–water partition coefficient (Wildman–Crippen LogP) is -0.0248. The van der Waals surface area contributed by atoms with Crippen molar-refractivity contribution in [3.05, 3.63) is 0 Å².